The lowest BCUT2D eigenvalue weighted by Gasteiger charge is -2.24. The minimum Gasteiger partial charge on any atom is -0.348 e. The van der Waals surface area contributed by atoms with Crippen LogP contribution >= 0.6 is 0 Å². The lowest BCUT2D eigenvalue weighted by molar-refractivity contribution is -0.122. The van der Waals surface area contributed by atoms with Gasteiger partial charge in [0.25, 0.3) is 0 Å². The third-order valence-corrected chi connectivity index (χ3v) is 5.37. The maximum Gasteiger partial charge on any atom is 0.242 e. The van der Waals surface area contributed by atoms with E-state index in [0.29, 0.717) is 5.69 Å². The van der Waals surface area contributed by atoms with E-state index < -0.39 is 0 Å². The standard InChI is InChI=1S/C22H20FN5O/c23-17-7-2-4-10-21(17)28-20-11-5-9-19(16(20)12-24-28)25-22(29)14-27-13-15-6-1-3-8-18(15)26-27/h1-4,6-8,10,12-13,19H,5,9,11,14H2,(H,25,29)/t19-/m1/s1. The van der Waals surface area contributed by atoms with Gasteiger partial charge in [-0.05, 0) is 37.5 Å². The van der Waals surface area contributed by atoms with Gasteiger partial charge in [-0.15, -0.1) is 0 Å². The fourth-order valence-corrected chi connectivity index (χ4v) is 4.02. The van der Waals surface area contributed by atoms with Gasteiger partial charge in [0.2, 0.25) is 5.91 Å². The van der Waals surface area contributed by atoms with Crippen LogP contribution in [0.2, 0.25) is 0 Å². The Morgan fingerprint density at radius 2 is 2.00 bits per heavy atom. The molecule has 4 aromatic rings. The van der Waals surface area contributed by atoms with Crippen LogP contribution in [0.3, 0.4) is 0 Å². The van der Waals surface area contributed by atoms with Crippen molar-refractivity contribution in [2.24, 2.45) is 0 Å². The van der Waals surface area contributed by atoms with E-state index in [0.717, 1.165) is 41.4 Å². The van der Waals surface area contributed by atoms with Gasteiger partial charge in [0, 0.05) is 22.8 Å². The van der Waals surface area contributed by atoms with Gasteiger partial charge in [0.1, 0.15) is 18.0 Å². The van der Waals surface area contributed by atoms with E-state index in [1.54, 1.807) is 33.8 Å². The lowest BCUT2D eigenvalue weighted by Crippen LogP contribution is -2.33. The second-order valence-corrected chi connectivity index (χ2v) is 7.31. The van der Waals surface area contributed by atoms with Crippen molar-refractivity contribution in [1.29, 1.82) is 0 Å². The van der Waals surface area contributed by atoms with Crippen molar-refractivity contribution in [3.8, 4) is 5.69 Å². The molecular weight excluding hydrogens is 369 g/mol. The van der Waals surface area contributed by atoms with E-state index in [-0.39, 0.29) is 24.3 Å². The van der Waals surface area contributed by atoms with E-state index in [4.69, 9.17) is 0 Å². The highest BCUT2D eigenvalue weighted by Gasteiger charge is 2.26. The summed E-state index contributed by atoms with van der Waals surface area (Å²) < 4.78 is 17.5. The predicted molar refractivity (Wildman–Crippen MR) is 107 cm³/mol. The smallest absolute Gasteiger partial charge is 0.242 e. The molecule has 146 valence electrons. The van der Waals surface area contributed by atoms with Gasteiger partial charge in [-0.2, -0.15) is 10.2 Å². The molecule has 1 atom stereocenters. The van der Waals surface area contributed by atoms with Crippen molar-refractivity contribution in [2.45, 2.75) is 31.8 Å². The summed E-state index contributed by atoms with van der Waals surface area (Å²) in [7, 11) is 0. The van der Waals surface area contributed by atoms with Crippen LogP contribution in [0.5, 0.6) is 0 Å². The van der Waals surface area contributed by atoms with E-state index in [9.17, 15) is 9.18 Å². The number of hydrogen-bond donors (Lipinski definition) is 1. The third-order valence-electron chi connectivity index (χ3n) is 5.37. The highest BCUT2D eigenvalue weighted by molar-refractivity contribution is 5.80. The summed E-state index contributed by atoms with van der Waals surface area (Å²) in [6.07, 6.45) is 6.17. The van der Waals surface area contributed by atoms with Gasteiger partial charge in [0.15, 0.2) is 0 Å². The van der Waals surface area contributed by atoms with Crippen molar-refractivity contribution in [2.75, 3.05) is 0 Å². The molecule has 2 heterocycles. The van der Waals surface area contributed by atoms with Gasteiger partial charge < -0.3 is 5.32 Å². The van der Waals surface area contributed by atoms with Crippen LogP contribution in [0.1, 0.15) is 30.1 Å². The molecule has 1 aliphatic rings. The fraction of sp³-hybridized carbons (Fsp3) is 0.227. The average molecular weight is 389 g/mol. The molecule has 2 aromatic carbocycles. The first-order valence-electron chi connectivity index (χ1n) is 9.72. The Morgan fingerprint density at radius 3 is 2.86 bits per heavy atom. The molecule has 0 saturated heterocycles. The van der Waals surface area contributed by atoms with Crippen molar-refractivity contribution < 1.29 is 9.18 Å². The zero-order valence-corrected chi connectivity index (χ0v) is 15.8. The van der Waals surface area contributed by atoms with Crippen LogP contribution in [0.15, 0.2) is 60.9 Å². The van der Waals surface area contributed by atoms with E-state index in [1.165, 1.54) is 6.07 Å². The van der Waals surface area contributed by atoms with Crippen LogP contribution in [0.25, 0.3) is 16.6 Å². The van der Waals surface area contributed by atoms with Crippen molar-refractivity contribution >= 4 is 16.8 Å². The van der Waals surface area contributed by atoms with Crippen molar-refractivity contribution in [3.05, 3.63) is 78.0 Å². The van der Waals surface area contributed by atoms with Crippen LogP contribution in [-0.2, 0) is 17.8 Å². The molecule has 1 amide bonds. The van der Waals surface area contributed by atoms with Gasteiger partial charge >= 0.3 is 0 Å². The van der Waals surface area contributed by atoms with Crippen molar-refractivity contribution in [1.82, 2.24) is 24.9 Å². The summed E-state index contributed by atoms with van der Waals surface area (Å²) >= 11 is 0. The molecule has 1 N–H and O–H groups in total. The number of para-hydroxylation sites is 1. The molecular formula is C22H20FN5O. The molecule has 2 aromatic heterocycles. The number of amides is 1. The first-order chi connectivity index (χ1) is 14.2. The zero-order valence-electron chi connectivity index (χ0n) is 15.8. The summed E-state index contributed by atoms with van der Waals surface area (Å²) in [5.74, 6) is -0.412. The topological polar surface area (TPSA) is 64.7 Å². The molecule has 0 fully saturated rings. The van der Waals surface area contributed by atoms with Crippen LogP contribution in [-0.4, -0.2) is 25.5 Å². The van der Waals surface area contributed by atoms with Crippen LogP contribution < -0.4 is 5.32 Å². The van der Waals surface area contributed by atoms with Crippen molar-refractivity contribution in [3.63, 3.8) is 0 Å². The number of aromatic nitrogens is 4. The summed E-state index contributed by atoms with van der Waals surface area (Å²) in [4.78, 5) is 12.6. The minimum atomic E-state index is -0.310. The molecule has 5 rings (SSSR count). The maximum atomic E-state index is 14.2. The highest BCUT2D eigenvalue weighted by atomic mass is 19.1. The molecule has 0 bridgehead atoms. The Morgan fingerprint density at radius 1 is 1.17 bits per heavy atom. The Bertz CT molecular complexity index is 1160. The zero-order chi connectivity index (χ0) is 19.8. The number of nitrogens with zero attached hydrogens (tertiary/aromatic N) is 4. The number of carbonyl (C=O) groups is 1. The Labute approximate surface area is 167 Å². The molecule has 29 heavy (non-hydrogen) atoms. The Kier molecular flexibility index (Phi) is 4.35. The summed E-state index contributed by atoms with van der Waals surface area (Å²) in [6.45, 7) is 0.155. The number of halogens is 1. The van der Waals surface area contributed by atoms with Crippen LogP contribution in [0.4, 0.5) is 4.39 Å². The molecule has 6 nitrogen and oxygen atoms in total. The van der Waals surface area contributed by atoms with Gasteiger partial charge in [-0.25, -0.2) is 9.07 Å². The molecule has 0 aliphatic heterocycles. The number of hydrogen-bond acceptors (Lipinski definition) is 3. The quantitative estimate of drug-likeness (QED) is 0.581. The monoisotopic (exact) mass is 389 g/mol. The SMILES string of the molecule is O=C(Cn1cc2ccccc2n1)N[C@@H]1CCCc2c1cnn2-c1ccccc1F. The number of fused-ring (bicyclic) bond motifs is 2. The predicted octanol–water partition coefficient (Wildman–Crippen LogP) is 3.55. The number of nitrogens with one attached hydrogen (secondary N) is 1. The Balaban J connectivity index is 1.35. The number of benzene rings is 2. The summed E-state index contributed by atoms with van der Waals surface area (Å²) in [5.41, 5.74) is 3.21. The van der Waals surface area contributed by atoms with Gasteiger partial charge in [-0.1, -0.05) is 30.3 Å². The fourth-order valence-electron chi connectivity index (χ4n) is 4.02. The lowest BCUT2D eigenvalue weighted by atomic mass is 9.93. The molecule has 0 saturated carbocycles. The highest BCUT2D eigenvalue weighted by Crippen LogP contribution is 2.31. The molecule has 7 heteroatoms. The summed E-state index contributed by atoms with van der Waals surface area (Å²) in [6, 6.07) is 14.3. The van der Waals surface area contributed by atoms with Gasteiger partial charge in [-0.3, -0.25) is 9.48 Å². The molecule has 0 radical (unpaired) electrons. The molecule has 1 aliphatic carbocycles. The normalized spacial score (nSPS) is 16.0. The first kappa shape index (κ1) is 17.6. The third kappa shape index (κ3) is 3.29. The van der Waals surface area contributed by atoms with E-state index in [2.05, 4.69) is 15.5 Å². The van der Waals surface area contributed by atoms with Crippen LogP contribution in [0, 0.1) is 5.82 Å². The van der Waals surface area contributed by atoms with E-state index in [1.807, 2.05) is 30.5 Å². The largest absolute Gasteiger partial charge is 0.348 e. The maximum absolute atomic E-state index is 14.2. The average Bonchev–Trinajstić information content (AvgIpc) is 3.32. The van der Waals surface area contributed by atoms with Gasteiger partial charge in [0.05, 0.1) is 17.8 Å². The minimum absolute atomic E-state index is 0.103. The number of carbonyl (C=O) groups excluding carboxylic acids is 1. The summed E-state index contributed by atoms with van der Waals surface area (Å²) in [5, 5.41) is 13.0. The second kappa shape index (κ2) is 7.16. The number of rotatable bonds is 4. The van der Waals surface area contributed by atoms with E-state index >= 15 is 0 Å². The molecule has 0 spiro atoms. The first-order valence-corrected chi connectivity index (χ1v) is 9.72. The second-order valence-electron chi connectivity index (χ2n) is 7.31. The molecule has 0 unspecified atom stereocenters. The Hall–Kier alpha value is -3.48.